The summed E-state index contributed by atoms with van der Waals surface area (Å²) in [6.45, 7) is 16.3. The fourth-order valence-corrected chi connectivity index (χ4v) is 8.40. The molecule has 1 saturated carbocycles. The molecule has 0 aromatic rings. The van der Waals surface area contributed by atoms with Gasteiger partial charge in [-0.05, 0) is 96.2 Å². The summed E-state index contributed by atoms with van der Waals surface area (Å²) < 4.78 is 10.8. The van der Waals surface area contributed by atoms with Gasteiger partial charge in [0.15, 0.2) is 0 Å². The van der Waals surface area contributed by atoms with Crippen LogP contribution in [0.5, 0.6) is 0 Å². The van der Waals surface area contributed by atoms with Crippen LogP contribution in [0.2, 0.25) is 0 Å². The average Bonchev–Trinajstić information content (AvgIpc) is 4.08. The molecule has 8 nitrogen and oxygen atoms in total. The molecule has 0 atom stereocenters. The summed E-state index contributed by atoms with van der Waals surface area (Å²) in [4.78, 5) is 37.7. The number of aliphatic hydroxyl groups excluding tert-OH is 1. The maximum atomic E-state index is 12.7. The zero-order valence-corrected chi connectivity index (χ0v) is 41.4. The minimum absolute atomic E-state index is 0.0239. The molecular formula is C53H104N2O6. The van der Waals surface area contributed by atoms with Crippen LogP contribution in [0.4, 0.5) is 0 Å². The first-order chi connectivity index (χ1) is 29.9. The maximum absolute atomic E-state index is 12.7. The molecule has 0 aromatic heterocycles. The minimum atomic E-state index is -0.474. The first-order valence-corrected chi connectivity index (χ1v) is 26.7. The zero-order valence-electron chi connectivity index (χ0n) is 41.4. The van der Waals surface area contributed by atoms with Crippen molar-refractivity contribution in [2.45, 2.75) is 272 Å². The van der Waals surface area contributed by atoms with Crippen molar-refractivity contribution in [3.05, 3.63) is 0 Å². The van der Waals surface area contributed by atoms with Gasteiger partial charge in [0.05, 0.1) is 18.6 Å². The second kappa shape index (κ2) is 44.9. The number of nitrogens with zero attached hydrogens (tertiary/aromatic N) is 1. The van der Waals surface area contributed by atoms with E-state index >= 15 is 0 Å². The highest BCUT2D eigenvalue weighted by molar-refractivity contribution is 5.85. The number of unbranched alkanes of at least 4 members (excludes halogenated alkanes) is 21. The van der Waals surface area contributed by atoms with Crippen LogP contribution < -0.4 is 5.32 Å². The van der Waals surface area contributed by atoms with Gasteiger partial charge in [-0.3, -0.25) is 14.4 Å². The van der Waals surface area contributed by atoms with E-state index in [-0.39, 0.29) is 24.6 Å². The van der Waals surface area contributed by atoms with Crippen molar-refractivity contribution in [2.24, 2.45) is 11.3 Å². The van der Waals surface area contributed by atoms with Gasteiger partial charge in [0.1, 0.15) is 6.10 Å². The zero-order chi connectivity index (χ0) is 44.9. The first-order valence-electron chi connectivity index (χ1n) is 26.7. The average molecular weight is 865 g/mol. The normalized spacial score (nSPS) is 13.1. The Morgan fingerprint density at radius 3 is 1.48 bits per heavy atom. The van der Waals surface area contributed by atoms with Gasteiger partial charge in [-0.2, -0.15) is 0 Å². The first kappa shape index (κ1) is 59.3. The molecule has 8 heteroatoms. The van der Waals surface area contributed by atoms with E-state index in [0.717, 1.165) is 76.9 Å². The summed E-state index contributed by atoms with van der Waals surface area (Å²) in [6, 6.07) is 0. The van der Waals surface area contributed by atoms with Crippen molar-refractivity contribution in [3.8, 4) is 0 Å². The van der Waals surface area contributed by atoms with Crippen molar-refractivity contribution in [3.63, 3.8) is 0 Å². The quantitative estimate of drug-likeness (QED) is 0.0357. The van der Waals surface area contributed by atoms with E-state index in [1.807, 2.05) is 0 Å². The molecule has 0 aliphatic heterocycles. The van der Waals surface area contributed by atoms with Crippen molar-refractivity contribution in [1.29, 1.82) is 0 Å². The topological polar surface area (TPSA) is 105 Å². The van der Waals surface area contributed by atoms with Gasteiger partial charge in [0, 0.05) is 13.0 Å². The third-order valence-electron chi connectivity index (χ3n) is 13.0. The van der Waals surface area contributed by atoms with Gasteiger partial charge >= 0.3 is 5.97 Å². The molecule has 1 aliphatic rings. The van der Waals surface area contributed by atoms with E-state index in [9.17, 15) is 19.5 Å². The lowest BCUT2D eigenvalue weighted by atomic mass is 9.93. The maximum Gasteiger partial charge on any atom is 0.306 e. The Balaban J connectivity index is 0.00000218. The van der Waals surface area contributed by atoms with Crippen LogP contribution >= 0.6 is 0 Å². The molecule has 0 spiro atoms. The predicted molar refractivity (Wildman–Crippen MR) is 259 cm³/mol. The third kappa shape index (κ3) is 37.4. The number of hydrogen-bond donors (Lipinski definition) is 2. The van der Waals surface area contributed by atoms with Gasteiger partial charge in [0.2, 0.25) is 5.91 Å². The van der Waals surface area contributed by atoms with Crippen molar-refractivity contribution in [1.82, 2.24) is 10.2 Å². The largest absolute Gasteiger partial charge is 0.468 e. The smallest absolute Gasteiger partial charge is 0.306 e. The lowest BCUT2D eigenvalue weighted by Gasteiger charge is -2.23. The lowest BCUT2D eigenvalue weighted by molar-refractivity contribution is -0.150. The summed E-state index contributed by atoms with van der Waals surface area (Å²) in [7, 11) is 0. The number of carbonyl (C=O) groups excluding carboxylic acids is 3. The van der Waals surface area contributed by atoms with Gasteiger partial charge in [-0.1, -0.05) is 189 Å². The fraction of sp³-hybridized carbons (Fsp3) is 0.943. The lowest BCUT2D eigenvalue weighted by Crippen LogP contribution is -2.36. The summed E-state index contributed by atoms with van der Waals surface area (Å²) in [5.74, 6) is 0.822. The summed E-state index contributed by atoms with van der Waals surface area (Å²) in [6.07, 6.45) is 43.0. The molecule has 61 heavy (non-hydrogen) atoms. The molecule has 0 unspecified atom stereocenters. The minimum Gasteiger partial charge on any atom is -0.468 e. The van der Waals surface area contributed by atoms with Crippen molar-refractivity contribution < 1.29 is 29.0 Å². The summed E-state index contributed by atoms with van der Waals surface area (Å²) in [5, 5.41) is 12.6. The monoisotopic (exact) mass is 865 g/mol. The number of carbonyl (C=O) groups is 3. The standard InChI is InChI=1S/C41H80N2O4.C12H24O2/c1-4-7-10-13-17-22-28-38(29-23-18-14-11-8-5-2)47-39(45)30-24-19-16-21-26-35-43(34-25-20-15-12-9-6-3)36-27-33-42-40(46)41(37-44)31-32-41;1-3-5-7-12(8-6-4-2)9-10-14-11-13/h38,44H,4-37H2,1-3H3,(H,42,46);11-12H,3-10H2,1-2H3. The van der Waals surface area contributed by atoms with E-state index in [2.05, 4.69) is 44.8 Å². The summed E-state index contributed by atoms with van der Waals surface area (Å²) in [5.41, 5.74) is -0.474. The van der Waals surface area contributed by atoms with Crippen LogP contribution in [0.1, 0.15) is 266 Å². The summed E-state index contributed by atoms with van der Waals surface area (Å²) >= 11 is 0. The van der Waals surface area contributed by atoms with Crippen LogP contribution in [0.15, 0.2) is 0 Å². The molecule has 1 aliphatic carbocycles. The number of ether oxygens (including phenoxy) is 2. The van der Waals surface area contributed by atoms with Crippen molar-refractivity contribution >= 4 is 18.3 Å². The van der Waals surface area contributed by atoms with E-state index in [1.54, 1.807) is 0 Å². The number of amides is 1. The van der Waals surface area contributed by atoms with E-state index in [4.69, 9.17) is 9.47 Å². The van der Waals surface area contributed by atoms with Crippen LogP contribution in [0.3, 0.4) is 0 Å². The Morgan fingerprint density at radius 1 is 0.574 bits per heavy atom. The van der Waals surface area contributed by atoms with E-state index < -0.39 is 5.41 Å². The molecule has 2 N–H and O–H groups in total. The van der Waals surface area contributed by atoms with E-state index in [1.165, 1.54) is 173 Å². The molecule has 362 valence electrons. The highest BCUT2D eigenvalue weighted by Crippen LogP contribution is 2.45. The molecule has 0 heterocycles. The Labute approximate surface area is 379 Å². The number of hydrogen-bond acceptors (Lipinski definition) is 7. The van der Waals surface area contributed by atoms with Crippen LogP contribution in [-0.4, -0.2) is 73.9 Å². The second-order valence-corrected chi connectivity index (χ2v) is 18.8. The van der Waals surface area contributed by atoms with Crippen molar-refractivity contribution in [2.75, 3.05) is 39.4 Å². The van der Waals surface area contributed by atoms with Crippen LogP contribution in [0, 0.1) is 11.3 Å². The molecule has 1 amide bonds. The molecule has 0 radical (unpaired) electrons. The van der Waals surface area contributed by atoms with E-state index in [0.29, 0.717) is 26.0 Å². The predicted octanol–water partition coefficient (Wildman–Crippen LogP) is 14.2. The number of esters is 1. The third-order valence-corrected chi connectivity index (χ3v) is 13.0. The molecular weight excluding hydrogens is 761 g/mol. The molecule has 1 rings (SSSR count). The van der Waals surface area contributed by atoms with Crippen LogP contribution in [0.25, 0.3) is 0 Å². The van der Waals surface area contributed by atoms with Gasteiger partial charge in [-0.25, -0.2) is 0 Å². The van der Waals surface area contributed by atoms with Crippen LogP contribution in [-0.2, 0) is 23.9 Å². The van der Waals surface area contributed by atoms with Gasteiger partial charge < -0.3 is 24.8 Å². The highest BCUT2D eigenvalue weighted by Gasteiger charge is 2.49. The Morgan fingerprint density at radius 2 is 1.02 bits per heavy atom. The molecule has 0 aromatic carbocycles. The number of nitrogens with one attached hydrogen (secondary N) is 1. The molecule has 1 fully saturated rings. The Bertz CT molecular complexity index is 935. The Kier molecular flexibility index (Phi) is 43.7. The molecule has 0 saturated heterocycles. The number of aliphatic hydroxyl groups is 1. The number of rotatable bonds is 46. The van der Waals surface area contributed by atoms with Gasteiger partial charge in [-0.15, -0.1) is 0 Å². The second-order valence-electron chi connectivity index (χ2n) is 18.8. The SMILES string of the molecule is CCCCC(CCCC)CCOC=O.CCCCCCCCC(CCCCCCCC)OC(=O)CCCCCCCN(CCCCCCCC)CCCNC(=O)C1(CO)CC1. The molecule has 0 bridgehead atoms. The fourth-order valence-electron chi connectivity index (χ4n) is 8.40. The Hall–Kier alpha value is -1.67. The highest BCUT2D eigenvalue weighted by atomic mass is 16.5. The van der Waals surface area contributed by atoms with Gasteiger partial charge in [0.25, 0.3) is 6.47 Å².